The number of aryl methyl sites for hydroxylation is 1. The third-order valence-electron chi connectivity index (χ3n) is 3.06. The molecule has 1 aliphatic heterocycles. The SMILES string of the molecule is CC.CCCc1ccc2c(n1)N(C(=O)OC(C)(C)C)CCCO2. The molecular formula is C18H30N2O3. The summed E-state index contributed by atoms with van der Waals surface area (Å²) in [5.74, 6) is 1.23. The molecule has 0 fully saturated rings. The molecule has 0 saturated carbocycles. The molecule has 1 aliphatic rings. The van der Waals surface area contributed by atoms with Crippen molar-refractivity contribution in [3.05, 3.63) is 17.8 Å². The lowest BCUT2D eigenvalue weighted by molar-refractivity contribution is 0.0579. The fourth-order valence-electron chi connectivity index (χ4n) is 2.18. The Morgan fingerprint density at radius 3 is 2.65 bits per heavy atom. The summed E-state index contributed by atoms with van der Waals surface area (Å²) >= 11 is 0. The van der Waals surface area contributed by atoms with Crippen LogP contribution in [0.15, 0.2) is 12.1 Å². The van der Waals surface area contributed by atoms with Gasteiger partial charge in [0, 0.05) is 12.2 Å². The Labute approximate surface area is 140 Å². The maximum atomic E-state index is 12.4. The van der Waals surface area contributed by atoms with E-state index >= 15 is 0 Å². The highest BCUT2D eigenvalue weighted by Crippen LogP contribution is 2.30. The van der Waals surface area contributed by atoms with E-state index < -0.39 is 5.60 Å². The molecule has 5 nitrogen and oxygen atoms in total. The summed E-state index contributed by atoms with van der Waals surface area (Å²) in [7, 11) is 0. The minimum Gasteiger partial charge on any atom is -0.490 e. The molecule has 1 aromatic rings. The van der Waals surface area contributed by atoms with E-state index in [1.165, 1.54) is 0 Å². The largest absolute Gasteiger partial charge is 0.490 e. The number of carbonyl (C=O) groups is 1. The molecule has 0 aromatic carbocycles. The number of hydrogen-bond acceptors (Lipinski definition) is 4. The number of hydrogen-bond donors (Lipinski definition) is 0. The summed E-state index contributed by atoms with van der Waals surface area (Å²) in [4.78, 5) is 18.6. The predicted molar refractivity (Wildman–Crippen MR) is 93.3 cm³/mol. The van der Waals surface area contributed by atoms with Gasteiger partial charge < -0.3 is 9.47 Å². The maximum Gasteiger partial charge on any atom is 0.416 e. The Morgan fingerprint density at radius 1 is 1.35 bits per heavy atom. The van der Waals surface area contributed by atoms with E-state index in [4.69, 9.17) is 9.47 Å². The van der Waals surface area contributed by atoms with E-state index in [2.05, 4.69) is 11.9 Å². The summed E-state index contributed by atoms with van der Waals surface area (Å²) < 4.78 is 11.2. The summed E-state index contributed by atoms with van der Waals surface area (Å²) in [6.07, 6.45) is 2.29. The van der Waals surface area contributed by atoms with Crippen LogP contribution in [-0.2, 0) is 11.2 Å². The summed E-state index contributed by atoms with van der Waals surface area (Å²) in [6, 6.07) is 3.86. The molecule has 0 spiro atoms. The molecule has 5 heteroatoms. The van der Waals surface area contributed by atoms with Crippen LogP contribution in [-0.4, -0.2) is 29.8 Å². The Kier molecular flexibility index (Phi) is 7.33. The minimum absolute atomic E-state index is 0.365. The number of rotatable bonds is 2. The number of fused-ring (bicyclic) bond motifs is 1. The van der Waals surface area contributed by atoms with Crippen molar-refractivity contribution in [1.29, 1.82) is 0 Å². The average Bonchev–Trinajstić information content (AvgIpc) is 2.70. The summed E-state index contributed by atoms with van der Waals surface area (Å²) in [5, 5.41) is 0. The van der Waals surface area contributed by atoms with Crippen LogP contribution >= 0.6 is 0 Å². The number of amides is 1. The first-order valence-electron chi connectivity index (χ1n) is 8.54. The number of carbonyl (C=O) groups excluding carboxylic acids is 1. The molecule has 0 atom stereocenters. The second-order valence-electron chi connectivity index (χ2n) is 6.21. The van der Waals surface area contributed by atoms with Gasteiger partial charge >= 0.3 is 6.09 Å². The molecule has 1 amide bonds. The monoisotopic (exact) mass is 322 g/mol. The van der Waals surface area contributed by atoms with Gasteiger partial charge in [0.2, 0.25) is 0 Å². The van der Waals surface area contributed by atoms with Crippen molar-refractivity contribution in [1.82, 2.24) is 4.98 Å². The third kappa shape index (κ3) is 5.73. The van der Waals surface area contributed by atoms with E-state index in [1.54, 1.807) is 4.90 Å². The number of pyridine rings is 1. The van der Waals surface area contributed by atoms with Crippen molar-refractivity contribution in [3.63, 3.8) is 0 Å². The van der Waals surface area contributed by atoms with Crippen LogP contribution in [0, 0.1) is 0 Å². The first-order valence-corrected chi connectivity index (χ1v) is 8.54. The first kappa shape index (κ1) is 19.3. The van der Waals surface area contributed by atoms with Gasteiger partial charge in [-0.25, -0.2) is 9.78 Å². The average molecular weight is 322 g/mol. The van der Waals surface area contributed by atoms with Crippen LogP contribution in [0.4, 0.5) is 10.6 Å². The van der Waals surface area contributed by atoms with E-state index in [1.807, 2.05) is 46.8 Å². The fourth-order valence-corrected chi connectivity index (χ4v) is 2.18. The zero-order valence-corrected chi connectivity index (χ0v) is 15.3. The van der Waals surface area contributed by atoms with Gasteiger partial charge in [-0.15, -0.1) is 0 Å². The van der Waals surface area contributed by atoms with E-state index in [9.17, 15) is 4.79 Å². The van der Waals surface area contributed by atoms with Gasteiger partial charge in [0.1, 0.15) is 5.60 Å². The fraction of sp³-hybridized carbons (Fsp3) is 0.667. The highest BCUT2D eigenvalue weighted by Gasteiger charge is 2.28. The number of aromatic nitrogens is 1. The Hall–Kier alpha value is -1.78. The third-order valence-corrected chi connectivity index (χ3v) is 3.06. The second kappa shape index (κ2) is 8.75. The number of nitrogens with zero attached hydrogens (tertiary/aromatic N) is 2. The normalized spacial score (nSPS) is 13.9. The highest BCUT2D eigenvalue weighted by atomic mass is 16.6. The van der Waals surface area contributed by atoms with Crippen molar-refractivity contribution in [2.24, 2.45) is 0 Å². The molecule has 0 bridgehead atoms. The lowest BCUT2D eigenvalue weighted by Gasteiger charge is -2.26. The molecule has 0 radical (unpaired) electrons. The lowest BCUT2D eigenvalue weighted by atomic mass is 10.2. The van der Waals surface area contributed by atoms with Crippen molar-refractivity contribution >= 4 is 11.9 Å². The van der Waals surface area contributed by atoms with Crippen molar-refractivity contribution in [2.45, 2.75) is 66.4 Å². The van der Waals surface area contributed by atoms with Gasteiger partial charge in [-0.2, -0.15) is 0 Å². The molecule has 0 aliphatic carbocycles. The van der Waals surface area contributed by atoms with Gasteiger partial charge in [-0.1, -0.05) is 27.2 Å². The molecular weight excluding hydrogens is 292 g/mol. The van der Waals surface area contributed by atoms with Crippen LogP contribution in [0.2, 0.25) is 0 Å². The number of anilines is 1. The van der Waals surface area contributed by atoms with Crippen LogP contribution in [0.3, 0.4) is 0 Å². The Balaban J connectivity index is 0.00000127. The van der Waals surface area contributed by atoms with Gasteiger partial charge in [-0.3, -0.25) is 4.90 Å². The van der Waals surface area contributed by atoms with Gasteiger partial charge in [-0.05, 0) is 45.7 Å². The standard InChI is InChI=1S/C16H24N2O3.C2H6/c1-5-7-12-8-9-13-14(17-12)18(10-6-11-20-13)15(19)21-16(2,3)4;1-2/h8-9H,5-7,10-11H2,1-4H3;1-2H3. The summed E-state index contributed by atoms with van der Waals surface area (Å²) in [6.45, 7) is 12.8. The minimum atomic E-state index is -0.522. The van der Waals surface area contributed by atoms with Crippen molar-refractivity contribution in [3.8, 4) is 5.75 Å². The Morgan fingerprint density at radius 2 is 2.04 bits per heavy atom. The van der Waals surface area contributed by atoms with Crippen LogP contribution in [0.25, 0.3) is 0 Å². The van der Waals surface area contributed by atoms with Crippen LogP contribution in [0.5, 0.6) is 5.75 Å². The molecule has 1 aromatic heterocycles. The first-order chi connectivity index (χ1) is 10.9. The number of ether oxygens (including phenoxy) is 2. The van der Waals surface area contributed by atoms with Gasteiger partial charge in [0.15, 0.2) is 11.6 Å². The van der Waals surface area contributed by atoms with Crippen molar-refractivity contribution in [2.75, 3.05) is 18.1 Å². The van der Waals surface area contributed by atoms with E-state index in [0.717, 1.165) is 25.0 Å². The zero-order chi connectivity index (χ0) is 17.5. The molecule has 23 heavy (non-hydrogen) atoms. The van der Waals surface area contributed by atoms with Crippen LogP contribution < -0.4 is 9.64 Å². The molecule has 2 heterocycles. The van der Waals surface area contributed by atoms with Crippen molar-refractivity contribution < 1.29 is 14.3 Å². The molecule has 2 rings (SSSR count). The lowest BCUT2D eigenvalue weighted by Crippen LogP contribution is -2.37. The quantitative estimate of drug-likeness (QED) is 0.799. The molecule has 0 N–H and O–H groups in total. The Bertz CT molecular complexity index is 509. The zero-order valence-electron chi connectivity index (χ0n) is 15.3. The topological polar surface area (TPSA) is 51.7 Å². The molecule has 0 saturated heterocycles. The maximum absolute atomic E-state index is 12.4. The van der Waals surface area contributed by atoms with Crippen LogP contribution in [0.1, 0.15) is 60.1 Å². The predicted octanol–water partition coefficient (Wildman–Crippen LogP) is 4.58. The highest BCUT2D eigenvalue weighted by molar-refractivity contribution is 5.88. The van der Waals surface area contributed by atoms with Gasteiger partial charge in [0.25, 0.3) is 0 Å². The summed E-state index contributed by atoms with van der Waals surface area (Å²) in [5.41, 5.74) is 0.445. The van der Waals surface area contributed by atoms with Gasteiger partial charge in [0.05, 0.1) is 6.61 Å². The second-order valence-corrected chi connectivity index (χ2v) is 6.21. The molecule has 130 valence electrons. The smallest absolute Gasteiger partial charge is 0.416 e. The van der Waals surface area contributed by atoms with E-state index in [-0.39, 0.29) is 6.09 Å². The molecule has 0 unspecified atom stereocenters. The van der Waals surface area contributed by atoms with E-state index in [0.29, 0.717) is 24.7 Å².